The van der Waals surface area contributed by atoms with Crippen molar-refractivity contribution in [1.29, 1.82) is 0 Å². The van der Waals surface area contributed by atoms with Crippen LogP contribution in [0.15, 0.2) is 29.3 Å². The molecule has 0 atom stereocenters. The monoisotopic (exact) mass is 416 g/mol. The Balaban J connectivity index is 0.00000242. The van der Waals surface area contributed by atoms with Crippen LogP contribution < -0.4 is 5.32 Å². The molecule has 0 amide bonds. The molecule has 1 N–H and O–H groups in total. The molecule has 0 saturated carbocycles. The smallest absolute Gasteiger partial charge is 0.194 e. The number of nitrogens with one attached hydrogen (secondary N) is 1. The van der Waals surface area contributed by atoms with Crippen molar-refractivity contribution in [3.63, 3.8) is 0 Å². The van der Waals surface area contributed by atoms with Crippen molar-refractivity contribution in [2.24, 2.45) is 4.99 Å². The van der Waals surface area contributed by atoms with Crippen LogP contribution in [0.25, 0.3) is 0 Å². The Morgan fingerprint density at radius 2 is 2.00 bits per heavy atom. The van der Waals surface area contributed by atoms with E-state index in [1.807, 2.05) is 0 Å². The van der Waals surface area contributed by atoms with Crippen LogP contribution in [0.2, 0.25) is 0 Å². The fourth-order valence-corrected chi connectivity index (χ4v) is 2.59. The Labute approximate surface area is 152 Å². The van der Waals surface area contributed by atoms with Crippen molar-refractivity contribution in [3.05, 3.63) is 35.4 Å². The third-order valence-electron chi connectivity index (χ3n) is 4.05. The average Bonchev–Trinajstić information content (AvgIpc) is 2.53. The van der Waals surface area contributed by atoms with E-state index in [-0.39, 0.29) is 24.0 Å². The van der Waals surface area contributed by atoms with Gasteiger partial charge in [0.2, 0.25) is 0 Å². The van der Waals surface area contributed by atoms with Crippen LogP contribution in [-0.4, -0.2) is 55.5 Å². The quantitative estimate of drug-likeness (QED) is 0.455. The number of hydrogen-bond acceptors (Lipinski definition) is 2. The lowest BCUT2D eigenvalue weighted by molar-refractivity contribution is 0.356. The summed E-state index contributed by atoms with van der Waals surface area (Å²) in [6.07, 6.45) is 1.11. The van der Waals surface area contributed by atoms with Crippen LogP contribution in [0.3, 0.4) is 0 Å². The second kappa shape index (κ2) is 10.0. The number of aliphatic imine (C=N–C) groups is 1. The molecule has 0 spiro atoms. The fraction of sp³-hybridized carbons (Fsp3) is 0.588. The van der Waals surface area contributed by atoms with Gasteiger partial charge in [-0.3, -0.25) is 4.99 Å². The highest BCUT2D eigenvalue weighted by Crippen LogP contribution is 2.18. The van der Waals surface area contributed by atoms with Crippen molar-refractivity contribution in [3.8, 4) is 0 Å². The van der Waals surface area contributed by atoms with Crippen LogP contribution in [-0.2, 0) is 13.0 Å². The van der Waals surface area contributed by atoms with Crippen molar-refractivity contribution >= 4 is 29.9 Å². The van der Waals surface area contributed by atoms with Gasteiger partial charge in [-0.1, -0.05) is 31.2 Å². The molecular formula is C17H29IN4. The molecule has 1 heterocycles. The maximum atomic E-state index is 4.79. The molecule has 0 aliphatic carbocycles. The number of fused-ring (bicyclic) bond motifs is 1. The van der Waals surface area contributed by atoms with Crippen LogP contribution >= 0.6 is 24.0 Å². The zero-order chi connectivity index (χ0) is 15.1. The molecule has 22 heavy (non-hydrogen) atoms. The lowest BCUT2D eigenvalue weighted by Crippen LogP contribution is -2.44. The first-order chi connectivity index (χ1) is 10.2. The van der Waals surface area contributed by atoms with Crippen LogP contribution in [0, 0.1) is 0 Å². The van der Waals surface area contributed by atoms with Gasteiger partial charge in [0.1, 0.15) is 0 Å². The minimum Gasteiger partial charge on any atom is -0.357 e. The highest BCUT2D eigenvalue weighted by atomic mass is 127. The molecule has 0 radical (unpaired) electrons. The van der Waals surface area contributed by atoms with Gasteiger partial charge in [0.25, 0.3) is 0 Å². The summed E-state index contributed by atoms with van der Waals surface area (Å²) >= 11 is 0. The van der Waals surface area contributed by atoms with Gasteiger partial charge >= 0.3 is 0 Å². The summed E-state index contributed by atoms with van der Waals surface area (Å²) in [6.45, 7) is 10.2. The predicted molar refractivity (Wildman–Crippen MR) is 105 cm³/mol. The van der Waals surface area contributed by atoms with E-state index in [1.54, 1.807) is 0 Å². The van der Waals surface area contributed by atoms with Gasteiger partial charge in [-0.15, -0.1) is 24.0 Å². The summed E-state index contributed by atoms with van der Waals surface area (Å²) in [4.78, 5) is 9.45. The highest BCUT2D eigenvalue weighted by molar-refractivity contribution is 14.0. The van der Waals surface area contributed by atoms with Gasteiger partial charge in [0.15, 0.2) is 5.96 Å². The van der Waals surface area contributed by atoms with E-state index in [2.05, 4.69) is 60.3 Å². The molecule has 0 bridgehead atoms. The third-order valence-corrected chi connectivity index (χ3v) is 4.05. The molecule has 0 fully saturated rings. The van der Waals surface area contributed by atoms with Crippen molar-refractivity contribution in [2.75, 3.05) is 39.8 Å². The largest absolute Gasteiger partial charge is 0.357 e. The molecule has 0 saturated heterocycles. The highest BCUT2D eigenvalue weighted by Gasteiger charge is 2.18. The van der Waals surface area contributed by atoms with E-state index < -0.39 is 0 Å². The van der Waals surface area contributed by atoms with Gasteiger partial charge in [-0.05, 0) is 38.1 Å². The van der Waals surface area contributed by atoms with Crippen LogP contribution in [0.4, 0.5) is 0 Å². The molecule has 1 aliphatic heterocycles. The van der Waals surface area contributed by atoms with Crippen molar-refractivity contribution in [2.45, 2.75) is 26.8 Å². The summed E-state index contributed by atoms with van der Waals surface area (Å²) in [5.41, 5.74) is 2.91. The minimum atomic E-state index is 0. The van der Waals surface area contributed by atoms with Gasteiger partial charge in [0, 0.05) is 26.2 Å². The summed E-state index contributed by atoms with van der Waals surface area (Å²) in [5, 5.41) is 3.43. The van der Waals surface area contributed by atoms with Crippen molar-refractivity contribution < 1.29 is 0 Å². The first-order valence-corrected chi connectivity index (χ1v) is 8.03. The summed E-state index contributed by atoms with van der Waals surface area (Å²) < 4.78 is 0. The molecule has 124 valence electrons. The van der Waals surface area contributed by atoms with E-state index in [0.717, 1.165) is 51.6 Å². The Bertz CT molecular complexity index is 475. The Morgan fingerprint density at radius 3 is 2.68 bits per heavy atom. The zero-order valence-corrected chi connectivity index (χ0v) is 16.3. The Morgan fingerprint density at radius 1 is 1.27 bits per heavy atom. The molecule has 1 aromatic rings. The van der Waals surface area contributed by atoms with E-state index in [4.69, 9.17) is 4.99 Å². The first-order valence-electron chi connectivity index (χ1n) is 8.03. The number of hydrogen-bond donors (Lipinski definition) is 1. The molecule has 2 rings (SSSR count). The standard InChI is InChI=1S/C17H28N4.HI/c1-4-18-17(19-11-13-20(3)5-2)21-12-10-15-8-6-7-9-16(15)14-21;/h6-9H,4-5,10-14H2,1-3H3,(H,18,19);1H. The lowest BCUT2D eigenvalue weighted by Gasteiger charge is -2.31. The van der Waals surface area contributed by atoms with Gasteiger partial charge in [-0.2, -0.15) is 0 Å². The molecular weight excluding hydrogens is 387 g/mol. The lowest BCUT2D eigenvalue weighted by atomic mass is 10.0. The van der Waals surface area contributed by atoms with Crippen molar-refractivity contribution in [1.82, 2.24) is 15.1 Å². The summed E-state index contributed by atoms with van der Waals surface area (Å²) in [7, 11) is 2.14. The summed E-state index contributed by atoms with van der Waals surface area (Å²) in [5.74, 6) is 1.05. The van der Waals surface area contributed by atoms with Crippen LogP contribution in [0.5, 0.6) is 0 Å². The van der Waals surface area contributed by atoms with Gasteiger partial charge in [-0.25, -0.2) is 0 Å². The van der Waals surface area contributed by atoms with Gasteiger partial charge in [0.05, 0.1) is 6.54 Å². The van der Waals surface area contributed by atoms with Crippen LogP contribution in [0.1, 0.15) is 25.0 Å². The SMILES string of the molecule is CCNC(=NCCN(C)CC)N1CCc2ccccc2C1.I. The number of rotatable bonds is 5. The van der Waals surface area contributed by atoms with Gasteiger partial charge < -0.3 is 15.1 Å². The number of guanidine groups is 1. The topological polar surface area (TPSA) is 30.9 Å². The Kier molecular flexibility index (Phi) is 8.78. The van der Waals surface area contributed by atoms with E-state index >= 15 is 0 Å². The maximum Gasteiger partial charge on any atom is 0.194 e. The van der Waals surface area contributed by atoms with E-state index in [9.17, 15) is 0 Å². The normalized spacial score (nSPS) is 14.5. The number of benzene rings is 1. The molecule has 0 unspecified atom stereocenters. The molecule has 5 heteroatoms. The maximum absolute atomic E-state index is 4.79. The second-order valence-corrected chi connectivity index (χ2v) is 5.57. The third kappa shape index (κ3) is 5.43. The number of halogens is 1. The Hall–Kier alpha value is -0.820. The van der Waals surface area contributed by atoms with E-state index in [1.165, 1.54) is 11.1 Å². The summed E-state index contributed by atoms with van der Waals surface area (Å²) in [6, 6.07) is 8.74. The zero-order valence-electron chi connectivity index (χ0n) is 14.0. The second-order valence-electron chi connectivity index (χ2n) is 5.57. The van der Waals surface area contributed by atoms with E-state index in [0.29, 0.717) is 0 Å². The first kappa shape index (κ1) is 19.2. The fourth-order valence-electron chi connectivity index (χ4n) is 2.59. The number of nitrogens with zero attached hydrogens (tertiary/aromatic N) is 3. The molecule has 0 aromatic heterocycles. The molecule has 1 aliphatic rings. The molecule has 4 nitrogen and oxygen atoms in total. The predicted octanol–water partition coefficient (Wildman–Crippen LogP) is 2.58. The molecule has 1 aromatic carbocycles. The minimum absolute atomic E-state index is 0. The number of likely N-dealkylation sites (N-methyl/N-ethyl adjacent to an activating group) is 1. The average molecular weight is 416 g/mol.